The summed E-state index contributed by atoms with van der Waals surface area (Å²) < 4.78 is 0.0493. The van der Waals surface area contributed by atoms with E-state index in [0.29, 0.717) is 0 Å². The Hall–Kier alpha value is -3.52. The third-order valence-corrected chi connectivity index (χ3v) is 65.9. The Balaban J connectivity index is 1.42. The second kappa shape index (κ2) is 17.1. The van der Waals surface area contributed by atoms with Crippen molar-refractivity contribution in [3.05, 3.63) is 178 Å². The van der Waals surface area contributed by atoms with E-state index >= 15 is 0 Å². The fourth-order valence-corrected chi connectivity index (χ4v) is 42.6. The van der Waals surface area contributed by atoms with Crippen molar-refractivity contribution in [3.8, 4) is 44.5 Å². The Kier molecular flexibility index (Phi) is 12.4. The van der Waals surface area contributed by atoms with Crippen molar-refractivity contribution in [1.82, 2.24) is 0 Å². The molecule has 6 aromatic carbocycles. The molecule has 2 atom stereocenters. The van der Waals surface area contributed by atoms with Gasteiger partial charge in [0.05, 0.1) is 0 Å². The minimum absolute atomic E-state index is 0.0246. The van der Waals surface area contributed by atoms with Gasteiger partial charge in [0.1, 0.15) is 0 Å². The second-order valence-electron chi connectivity index (χ2n) is 20.5. The normalized spacial score (nSPS) is 17.0. The van der Waals surface area contributed by atoms with Gasteiger partial charge in [-0.3, -0.25) is 0 Å². The van der Waals surface area contributed by atoms with Crippen LogP contribution in [0.3, 0.4) is 0 Å². The summed E-state index contributed by atoms with van der Waals surface area (Å²) in [4.78, 5) is 0. The van der Waals surface area contributed by atoms with Gasteiger partial charge in [-0.25, -0.2) is 0 Å². The molecule has 0 spiro atoms. The van der Waals surface area contributed by atoms with Crippen molar-refractivity contribution < 1.29 is 15.6 Å². The molecule has 0 amide bonds. The first-order chi connectivity index (χ1) is 29.5. The van der Waals surface area contributed by atoms with Crippen LogP contribution in [-0.4, -0.2) is 5.92 Å². The van der Waals surface area contributed by atoms with Gasteiger partial charge in [0.15, 0.2) is 0 Å². The third-order valence-electron chi connectivity index (χ3n) is 14.0. The van der Waals surface area contributed by atoms with Crippen LogP contribution in [0.1, 0.15) is 122 Å². The zero-order valence-corrected chi connectivity index (χ0v) is 43.8. The van der Waals surface area contributed by atoms with Gasteiger partial charge < -0.3 is 0 Å². The van der Waals surface area contributed by atoms with Gasteiger partial charge >= 0.3 is 385 Å². The zero-order chi connectivity index (χ0) is 44.2. The Labute approximate surface area is 382 Å². The van der Waals surface area contributed by atoms with Crippen LogP contribution >= 0.6 is 17.0 Å². The van der Waals surface area contributed by atoms with Crippen LogP contribution in [0.5, 0.6) is 0 Å². The van der Waals surface area contributed by atoms with Gasteiger partial charge in [0, 0.05) is 0 Å². The molecule has 8 rings (SSSR count). The number of fused-ring (bicyclic) bond motifs is 2. The average Bonchev–Trinajstić information content (AvgIpc) is 3.82. The Bertz CT molecular complexity index is 2510. The summed E-state index contributed by atoms with van der Waals surface area (Å²) in [7, 11) is 18.2. The number of allylic oxidation sites excluding steroid dienone is 2. The van der Waals surface area contributed by atoms with Crippen LogP contribution in [0.15, 0.2) is 145 Å². The standard InChI is InChI=1S/2C28H29.C2H7Si.2ClH.Zr/c2*1-5-11-20-18-22-16-17-26(28(2,3)4)27(25(22)19-20)24-15-10-9-14-23(24)21-12-7-6-8-13-21;1-3-2;;;/h2*6-10,12-19H,5,11H2,1-4H3;3H,1-2H3;2*1H;/q;;;;;+2/p-2. The van der Waals surface area contributed by atoms with Crippen molar-refractivity contribution in [3.63, 3.8) is 0 Å². The molecule has 0 aliphatic heterocycles. The summed E-state index contributed by atoms with van der Waals surface area (Å²) in [6.45, 7) is 23.8. The summed E-state index contributed by atoms with van der Waals surface area (Å²) in [5, 5.41) is 0. The van der Waals surface area contributed by atoms with E-state index in [1.165, 1.54) is 89.0 Å². The first kappa shape index (κ1) is 45.1. The van der Waals surface area contributed by atoms with E-state index in [2.05, 4.69) is 214 Å². The van der Waals surface area contributed by atoms with Gasteiger partial charge in [-0.2, -0.15) is 0 Å². The molecule has 0 bridgehead atoms. The van der Waals surface area contributed by atoms with E-state index in [0.717, 1.165) is 25.7 Å². The molecule has 0 radical (unpaired) electrons. The van der Waals surface area contributed by atoms with Crippen molar-refractivity contribution in [2.24, 2.45) is 0 Å². The summed E-state index contributed by atoms with van der Waals surface area (Å²) in [5.74, 6) is -1.80. The molecule has 319 valence electrons. The quantitative estimate of drug-likeness (QED) is 0.114. The molecular weight excluding hydrogens is 887 g/mol. The maximum absolute atomic E-state index is 9.12. The van der Waals surface area contributed by atoms with Crippen molar-refractivity contribution in [2.45, 2.75) is 112 Å². The predicted molar refractivity (Wildman–Crippen MR) is 274 cm³/mol. The summed E-state index contributed by atoms with van der Waals surface area (Å²) in [6.07, 6.45) is 9.22. The molecule has 0 fully saturated rings. The molecule has 6 aromatic rings. The topological polar surface area (TPSA) is 0 Å². The number of benzene rings is 6. The second-order valence-corrected chi connectivity index (χ2v) is 63.0. The molecule has 0 heterocycles. The summed E-state index contributed by atoms with van der Waals surface area (Å²) in [5.41, 5.74) is 21.1. The number of hydrogen-bond acceptors (Lipinski definition) is 0. The molecule has 2 aliphatic carbocycles. The van der Waals surface area contributed by atoms with E-state index in [9.17, 15) is 0 Å². The van der Waals surface area contributed by atoms with E-state index in [1.807, 2.05) is 0 Å². The first-order valence-electron chi connectivity index (χ1n) is 23.1. The van der Waals surface area contributed by atoms with Gasteiger partial charge in [-0.05, 0) is 0 Å². The van der Waals surface area contributed by atoms with Crippen molar-refractivity contribution in [2.75, 3.05) is 0 Å². The summed E-state index contributed by atoms with van der Waals surface area (Å²) in [6, 6.07) is 49.7. The van der Waals surface area contributed by atoms with Crippen LogP contribution in [-0.2, 0) is 26.4 Å². The van der Waals surface area contributed by atoms with Gasteiger partial charge in [0.2, 0.25) is 0 Å². The zero-order valence-electron chi connectivity index (χ0n) is 38.7. The van der Waals surface area contributed by atoms with Crippen LogP contribution < -0.4 is 0 Å². The molecular formula is C58H65Cl2SiZr. The van der Waals surface area contributed by atoms with Gasteiger partial charge in [-0.15, -0.1) is 0 Å². The average molecular weight is 952 g/mol. The van der Waals surface area contributed by atoms with E-state index in [-0.39, 0.29) is 18.1 Å². The van der Waals surface area contributed by atoms with Crippen LogP contribution in [0.2, 0.25) is 13.1 Å². The molecule has 0 saturated heterocycles. The number of halogens is 2. The number of rotatable bonds is 11. The Morgan fingerprint density at radius 2 is 0.806 bits per heavy atom. The molecule has 2 aliphatic rings. The van der Waals surface area contributed by atoms with Crippen LogP contribution in [0.4, 0.5) is 0 Å². The van der Waals surface area contributed by atoms with Gasteiger partial charge in [0.25, 0.3) is 0 Å². The Morgan fingerprint density at radius 3 is 1.13 bits per heavy atom. The van der Waals surface area contributed by atoms with Gasteiger partial charge in [-0.1, -0.05) is 0 Å². The molecule has 0 saturated carbocycles. The van der Waals surface area contributed by atoms with Crippen LogP contribution in [0.25, 0.3) is 56.7 Å². The molecule has 0 N–H and O–H groups in total. The van der Waals surface area contributed by atoms with Crippen molar-refractivity contribution in [1.29, 1.82) is 0 Å². The predicted octanol–water partition coefficient (Wildman–Crippen LogP) is 18.1. The van der Waals surface area contributed by atoms with Crippen LogP contribution in [0, 0.1) is 0 Å². The fraction of sp³-hybridized carbons (Fsp3) is 0.310. The molecule has 0 aromatic heterocycles. The number of hydrogen-bond donors (Lipinski definition) is 0. The molecule has 62 heavy (non-hydrogen) atoms. The summed E-state index contributed by atoms with van der Waals surface area (Å²) >= 11 is -5.14. The first-order valence-corrected chi connectivity index (χ1v) is 39.4. The fourth-order valence-electron chi connectivity index (χ4n) is 11.1. The maximum atomic E-state index is 9.12. The molecule has 0 nitrogen and oxygen atoms in total. The molecule has 2 unspecified atom stereocenters. The monoisotopic (exact) mass is 949 g/mol. The van der Waals surface area contributed by atoms with Crippen molar-refractivity contribution >= 4 is 35.1 Å². The van der Waals surface area contributed by atoms with E-state index in [4.69, 9.17) is 17.0 Å². The van der Waals surface area contributed by atoms with E-state index < -0.39 is 21.5 Å². The molecule has 4 heteroatoms. The third kappa shape index (κ3) is 7.68. The van der Waals surface area contributed by atoms with E-state index in [1.54, 1.807) is 0 Å². The SMILES string of the molecule is CCCC1=Cc2c(ccc(C(C)(C)C)c2-c2ccccc2-c2ccccc2)[CH]1[Zr]([Cl])([Cl])([CH]1C(CCC)=Cc2c1ccc(C(C)(C)C)c2-c1ccccc1-c1ccccc1)[SiH](C)C. The minimum atomic E-state index is -5.14. The Morgan fingerprint density at radius 1 is 0.468 bits per heavy atom.